The molecule has 0 aromatic heterocycles. The number of hydrogen-bond acceptors (Lipinski definition) is 1. The fraction of sp³-hybridized carbons (Fsp3) is 0.143. The van der Waals surface area contributed by atoms with E-state index in [9.17, 15) is 17.6 Å². The van der Waals surface area contributed by atoms with Crippen LogP contribution in [0.3, 0.4) is 0 Å². The molecule has 112 valence electrons. The molecule has 0 saturated heterocycles. The highest BCUT2D eigenvalue weighted by Crippen LogP contribution is 2.33. The van der Waals surface area contributed by atoms with Gasteiger partial charge in [-0.2, -0.15) is 13.2 Å². The van der Waals surface area contributed by atoms with Gasteiger partial charge in [0.15, 0.2) is 0 Å². The first-order valence-corrected chi connectivity index (χ1v) is 6.58. The Bertz CT molecular complexity index is 656. The number of anilines is 1. The van der Waals surface area contributed by atoms with Crippen molar-refractivity contribution in [3.05, 3.63) is 63.4 Å². The van der Waals surface area contributed by atoms with Gasteiger partial charge in [0.1, 0.15) is 5.82 Å². The van der Waals surface area contributed by atoms with Crippen LogP contribution in [0, 0.1) is 5.82 Å². The lowest BCUT2D eigenvalue weighted by molar-refractivity contribution is -0.140. The predicted octanol–water partition coefficient (Wildman–Crippen LogP) is 5.76. The quantitative estimate of drug-likeness (QED) is 0.701. The fourth-order valence-electron chi connectivity index (χ4n) is 1.74. The highest BCUT2D eigenvalue weighted by Gasteiger charge is 2.34. The van der Waals surface area contributed by atoms with E-state index in [-0.39, 0.29) is 17.1 Å². The Hall–Kier alpha value is -1.46. The summed E-state index contributed by atoms with van der Waals surface area (Å²) in [6.45, 7) is 0.0590. The lowest BCUT2D eigenvalue weighted by atomic mass is 10.1. The molecule has 0 radical (unpaired) electrons. The Kier molecular flexibility index (Phi) is 4.64. The van der Waals surface area contributed by atoms with Crippen LogP contribution in [0.5, 0.6) is 0 Å². The van der Waals surface area contributed by atoms with Gasteiger partial charge in [0.05, 0.1) is 21.3 Å². The van der Waals surface area contributed by atoms with Gasteiger partial charge in [0, 0.05) is 6.54 Å². The molecule has 0 aliphatic heterocycles. The van der Waals surface area contributed by atoms with Gasteiger partial charge in [-0.1, -0.05) is 35.3 Å². The zero-order chi connectivity index (χ0) is 15.6. The van der Waals surface area contributed by atoms with Crippen molar-refractivity contribution < 1.29 is 17.6 Å². The van der Waals surface area contributed by atoms with Crippen LogP contribution in [0.2, 0.25) is 10.0 Å². The van der Waals surface area contributed by atoms with Crippen LogP contribution in [-0.4, -0.2) is 0 Å². The Morgan fingerprint density at radius 3 is 2.43 bits per heavy atom. The van der Waals surface area contributed by atoms with Gasteiger partial charge in [-0.05, 0) is 29.8 Å². The summed E-state index contributed by atoms with van der Waals surface area (Å²) in [5.41, 5.74) is -0.527. The van der Waals surface area contributed by atoms with Crippen LogP contribution in [-0.2, 0) is 12.7 Å². The minimum absolute atomic E-state index is 0.0590. The molecule has 1 N–H and O–H groups in total. The standard InChI is InChI=1S/C14H9Cl2F4N/c15-10-2-1-3-12(13(10)16)21-7-8-4-5-11(17)9(6-8)14(18,19)20/h1-6,21H,7H2. The summed E-state index contributed by atoms with van der Waals surface area (Å²) in [6.07, 6.45) is -4.73. The van der Waals surface area contributed by atoms with Crippen LogP contribution in [0.15, 0.2) is 36.4 Å². The van der Waals surface area contributed by atoms with E-state index < -0.39 is 17.6 Å². The maximum Gasteiger partial charge on any atom is 0.419 e. The van der Waals surface area contributed by atoms with Crippen LogP contribution >= 0.6 is 23.2 Å². The third kappa shape index (κ3) is 3.80. The SMILES string of the molecule is Fc1ccc(CNc2cccc(Cl)c2Cl)cc1C(F)(F)F. The van der Waals surface area contributed by atoms with E-state index in [4.69, 9.17) is 23.2 Å². The van der Waals surface area contributed by atoms with Crippen molar-refractivity contribution in [2.45, 2.75) is 12.7 Å². The molecule has 0 amide bonds. The monoisotopic (exact) mass is 337 g/mol. The van der Waals surface area contributed by atoms with Crippen molar-refractivity contribution in [2.24, 2.45) is 0 Å². The molecule has 21 heavy (non-hydrogen) atoms. The average Bonchev–Trinajstić information content (AvgIpc) is 2.40. The van der Waals surface area contributed by atoms with E-state index in [0.717, 1.165) is 12.1 Å². The summed E-state index contributed by atoms with van der Waals surface area (Å²) < 4.78 is 51.0. The van der Waals surface area contributed by atoms with Crippen molar-refractivity contribution in [2.75, 3.05) is 5.32 Å². The molecule has 0 atom stereocenters. The van der Waals surface area contributed by atoms with Crippen molar-refractivity contribution in [3.8, 4) is 0 Å². The van der Waals surface area contributed by atoms with E-state index in [1.807, 2.05) is 0 Å². The second-order valence-corrected chi connectivity index (χ2v) is 5.05. The second kappa shape index (κ2) is 6.12. The molecule has 0 bridgehead atoms. The van der Waals surface area contributed by atoms with Gasteiger partial charge in [0.25, 0.3) is 0 Å². The lowest BCUT2D eigenvalue weighted by Crippen LogP contribution is -2.10. The molecule has 2 rings (SSSR count). The lowest BCUT2D eigenvalue weighted by Gasteiger charge is -2.12. The molecule has 7 heteroatoms. The van der Waals surface area contributed by atoms with Crippen molar-refractivity contribution in [3.63, 3.8) is 0 Å². The predicted molar refractivity (Wildman–Crippen MR) is 75.2 cm³/mol. The first-order valence-electron chi connectivity index (χ1n) is 5.82. The van der Waals surface area contributed by atoms with E-state index in [1.54, 1.807) is 18.2 Å². The van der Waals surface area contributed by atoms with Crippen LogP contribution < -0.4 is 5.32 Å². The average molecular weight is 338 g/mol. The minimum Gasteiger partial charge on any atom is -0.380 e. The topological polar surface area (TPSA) is 12.0 Å². The molecule has 1 nitrogen and oxygen atoms in total. The van der Waals surface area contributed by atoms with E-state index in [1.165, 1.54) is 6.07 Å². The summed E-state index contributed by atoms with van der Waals surface area (Å²) in [5, 5.41) is 3.47. The Balaban J connectivity index is 2.19. The number of alkyl halides is 3. The third-order valence-corrected chi connectivity index (χ3v) is 3.59. The summed E-state index contributed by atoms with van der Waals surface area (Å²) in [6, 6.07) is 7.72. The fourth-order valence-corrected chi connectivity index (χ4v) is 2.10. The normalized spacial score (nSPS) is 11.5. The summed E-state index contributed by atoms with van der Waals surface area (Å²) in [5.74, 6) is -1.30. The van der Waals surface area contributed by atoms with Crippen LogP contribution in [0.1, 0.15) is 11.1 Å². The van der Waals surface area contributed by atoms with E-state index >= 15 is 0 Å². The second-order valence-electron chi connectivity index (χ2n) is 4.27. The summed E-state index contributed by atoms with van der Waals surface area (Å²) in [4.78, 5) is 0. The zero-order valence-electron chi connectivity index (χ0n) is 10.4. The Morgan fingerprint density at radius 1 is 1.05 bits per heavy atom. The number of hydrogen-bond donors (Lipinski definition) is 1. The first-order chi connectivity index (χ1) is 9.79. The molecular formula is C14H9Cl2F4N. The maximum absolute atomic E-state index is 13.2. The number of halogens is 6. The van der Waals surface area contributed by atoms with Gasteiger partial charge < -0.3 is 5.32 Å². The first kappa shape index (κ1) is 15.9. The minimum atomic E-state index is -4.73. The highest BCUT2D eigenvalue weighted by atomic mass is 35.5. The Morgan fingerprint density at radius 2 is 1.76 bits per heavy atom. The summed E-state index contributed by atoms with van der Waals surface area (Å²) >= 11 is 11.8. The molecular weight excluding hydrogens is 329 g/mol. The van der Waals surface area contributed by atoms with Crippen molar-refractivity contribution >= 4 is 28.9 Å². The van der Waals surface area contributed by atoms with Gasteiger partial charge in [-0.25, -0.2) is 4.39 Å². The molecule has 0 unspecified atom stereocenters. The molecule has 2 aromatic carbocycles. The molecule has 0 fully saturated rings. The third-order valence-electron chi connectivity index (χ3n) is 2.77. The summed E-state index contributed by atoms with van der Waals surface area (Å²) in [7, 11) is 0. The maximum atomic E-state index is 13.2. The van der Waals surface area contributed by atoms with Crippen molar-refractivity contribution in [1.82, 2.24) is 0 Å². The van der Waals surface area contributed by atoms with Gasteiger partial charge in [-0.3, -0.25) is 0 Å². The van der Waals surface area contributed by atoms with Gasteiger partial charge >= 0.3 is 6.18 Å². The van der Waals surface area contributed by atoms with Crippen molar-refractivity contribution in [1.29, 1.82) is 0 Å². The Labute approximate surface area is 128 Å². The molecule has 2 aromatic rings. The van der Waals surface area contributed by atoms with Gasteiger partial charge in [-0.15, -0.1) is 0 Å². The van der Waals surface area contributed by atoms with E-state index in [2.05, 4.69) is 5.32 Å². The molecule has 0 heterocycles. The smallest absolute Gasteiger partial charge is 0.380 e. The number of rotatable bonds is 3. The molecule has 0 aliphatic rings. The number of nitrogens with one attached hydrogen (secondary N) is 1. The zero-order valence-corrected chi connectivity index (χ0v) is 12.0. The largest absolute Gasteiger partial charge is 0.419 e. The number of benzene rings is 2. The molecule has 0 spiro atoms. The molecule has 0 saturated carbocycles. The van der Waals surface area contributed by atoms with E-state index in [0.29, 0.717) is 10.7 Å². The highest BCUT2D eigenvalue weighted by molar-refractivity contribution is 6.43. The molecule has 0 aliphatic carbocycles. The van der Waals surface area contributed by atoms with Crippen LogP contribution in [0.4, 0.5) is 23.2 Å². The van der Waals surface area contributed by atoms with Crippen LogP contribution in [0.25, 0.3) is 0 Å². The van der Waals surface area contributed by atoms with Gasteiger partial charge in [0.2, 0.25) is 0 Å².